The van der Waals surface area contributed by atoms with E-state index in [1.165, 1.54) is 6.07 Å². The minimum Gasteiger partial charge on any atom is -0.478 e. The fraction of sp³-hybridized carbons (Fsp3) is 0.0588. The van der Waals surface area contributed by atoms with Crippen LogP contribution in [0, 0.1) is 6.92 Å². The van der Waals surface area contributed by atoms with Gasteiger partial charge in [0.1, 0.15) is 0 Å². The molecule has 120 valence electrons. The lowest BCUT2D eigenvalue weighted by molar-refractivity contribution is -0.115. The molecule has 3 rings (SSSR count). The van der Waals surface area contributed by atoms with Crippen LogP contribution in [0.1, 0.15) is 21.6 Å². The van der Waals surface area contributed by atoms with E-state index in [9.17, 15) is 14.7 Å². The highest BCUT2D eigenvalue weighted by Gasteiger charge is 2.24. The Balaban J connectivity index is 1.91. The maximum atomic E-state index is 12.0. The first-order chi connectivity index (χ1) is 11.5. The number of aryl methyl sites for hydroxylation is 1. The molecule has 2 heterocycles. The normalized spacial score (nSPS) is 17.3. The van der Waals surface area contributed by atoms with Gasteiger partial charge >= 0.3 is 5.97 Å². The molecule has 6 nitrogen and oxygen atoms in total. The molecule has 0 spiro atoms. The summed E-state index contributed by atoms with van der Waals surface area (Å²) in [6.07, 6.45) is 3.31. The molecule has 0 radical (unpaired) electrons. The first-order valence-electron chi connectivity index (χ1n) is 7.07. The number of carbonyl (C=O) groups is 2. The summed E-state index contributed by atoms with van der Waals surface area (Å²) in [5.74, 6) is -1.35. The number of aliphatic imine (C=N–C) groups is 1. The van der Waals surface area contributed by atoms with Crippen LogP contribution < -0.4 is 5.32 Å². The van der Waals surface area contributed by atoms with Crippen LogP contribution >= 0.6 is 11.8 Å². The van der Waals surface area contributed by atoms with Gasteiger partial charge in [0.05, 0.1) is 21.8 Å². The molecule has 2 aromatic rings. The van der Waals surface area contributed by atoms with Crippen LogP contribution in [0.5, 0.6) is 0 Å². The van der Waals surface area contributed by atoms with E-state index in [2.05, 4.69) is 15.3 Å². The quantitative estimate of drug-likeness (QED) is 0.839. The summed E-state index contributed by atoms with van der Waals surface area (Å²) in [7, 11) is 0. The molecule has 2 N–H and O–H groups in total. The van der Waals surface area contributed by atoms with Gasteiger partial charge in [-0.2, -0.15) is 0 Å². The van der Waals surface area contributed by atoms with Crippen molar-refractivity contribution in [1.82, 2.24) is 10.3 Å². The zero-order valence-corrected chi connectivity index (χ0v) is 13.5. The summed E-state index contributed by atoms with van der Waals surface area (Å²) in [6, 6.07) is 10.3. The number of aromatic nitrogens is 1. The molecular formula is C17H13N3O3S. The number of hydrogen-bond donors (Lipinski definition) is 2. The topological polar surface area (TPSA) is 91.6 Å². The van der Waals surface area contributed by atoms with Gasteiger partial charge in [-0.25, -0.2) is 9.79 Å². The lowest BCUT2D eigenvalue weighted by Gasteiger charge is -2.03. The van der Waals surface area contributed by atoms with Gasteiger partial charge in [-0.15, -0.1) is 0 Å². The number of carbonyl (C=O) groups excluding carboxylic acids is 1. The Hall–Kier alpha value is -2.93. The molecule has 1 aliphatic rings. The van der Waals surface area contributed by atoms with Gasteiger partial charge in [0.15, 0.2) is 5.17 Å². The van der Waals surface area contributed by atoms with Gasteiger partial charge in [-0.1, -0.05) is 12.1 Å². The van der Waals surface area contributed by atoms with Crippen LogP contribution in [0.15, 0.2) is 52.5 Å². The number of pyridine rings is 1. The molecular weight excluding hydrogens is 326 g/mol. The summed E-state index contributed by atoms with van der Waals surface area (Å²) in [5.41, 5.74) is 1.95. The standard InChI is InChI=1S/C17H13N3O3S/c1-10-5-6-12(16(22)23)13(8-10)19-17-20-15(21)14(24-17)9-11-4-2-3-7-18-11/h2-9H,1H3,(H,22,23)(H,19,20,21)/b14-9-. The van der Waals surface area contributed by atoms with E-state index in [4.69, 9.17) is 0 Å². The van der Waals surface area contributed by atoms with Crippen LogP contribution in [0.2, 0.25) is 0 Å². The molecule has 0 aliphatic carbocycles. The van der Waals surface area contributed by atoms with Crippen LogP contribution in [0.25, 0.3) is 6.08 Å². The van der Waals surface area contributed by atoms with Gasteiger partial charge in [-0.05, 0) is 54.6 Å². The average Bonchev–Trinajstić information content (AvgIpc) is 2.87. The molecule has 7 heteroatoms. The number of carboxylic acids is 1. The van der Waals surface area contributed by atoms with E-state index >= 15 is 0 Å². The molecule has 1 aromatic heterocycles. The third-order valence-electron chi connectivity index (χ3n) is 3.22. The van der Waals surface area contributed by atoms with E-state index in [0.29, 0.717) is 21.5 Å². The highest BCUT2D eigenvalue weighted by Crippen LogP contribution is 2.29. The Kier molecular flexibility index (Phi) is 4.43. The minimum absolute atomic E-state index is 0.0881. The molecule has 0 atom stereocenters. The average molecular weight is 339 g/mol. The number of aromatic carboxylic acids is 1. The third kappa shape index (κ3) is 3.52. The lowest BCUT2D eigenvalue weighted by Crippen LogP contribution is -2.19. The Morgan fingerprint density at radius 3 is 2.88 bits per heavy atom. The van der Waals surface area contributed by atoms with Gasteiger partial charge in [-0.3, -0.25) is 9.78 Å². The number of thioether (sulfide) groups is 1. The fourth-order valence-corrected chi connectivity index (χ4v) is 2.92. The SMILES string of the molecule is Cc1ccc(C(=O)O)c(N=C2NC(=O)/C(=C/c3ccccn3)S2)c1. The maximum Gasteiger partial charge on any atom is 0.337 e. The van der Waals surface area contributed by atoms with Crippen molar-refractivity contribution in [3.63, 3.8) is 0 Å². The predicted molar refractivity (Wildman–Crippen MR) is 93.2 cm³/mol. The first-order valence-corrected chi connectivity index (χ1v) is 7.89. The number of carboxylic acid groups (broad SMARTS) is 1. The minimum atomic E-state index is -1.06. The zero-order chi connectivity index (χ0) is 17.1. The molecule has 1 aliphatic heterocycles. The van der Waals surface area contributed by atoms with Gasteiger partial charge < -0.3 is 10.4 Å². The summed E-state index contributed by atoms with van der Waals surface area (Å²) in [4.78, 5) is 32.2. The van der Waals surface area contributed by atoms with E-state index < -0.39 is 5.97 Å². The van der Waals surface area contributed by atoms with Crippen molar-refractivity contribution in [1.29, 1.82) is 0 Å². The summed E-state index contributed by atoms with van der Waals surface area (Å²) >= 11 is 1.15. The Bertz CT molecular complexity index is 876. The number of benzene rings is 1. The van der Waals surface area contributed by atoms with Crippen molar-refractivity contribution in [2.45, 2.75) is 6.92 Å². The number of nitrogens with zero attached hydrogens (tertiary/aromatic N) is 2. The Morgan fingerprint density at radius 1 is 1.33 bits per heavy atom. The third-order valence-corrected chi connectivity index (χ3v) is 4.13. The molecule has 0 saturated carbocycles. The molecule has 24 heavy (non-hydrogen) atoms. The van der Waals surface area contributed by atoms with Crippen molar-refractivity contribution in [3.05, 3.63) is 64.3 Å². The van der Waals surface area contributed by atoms with Crippen molar-refractivity contribution in [2.75, 3.05) is 0 Å². The summed E-state index contributed by atoms with van der Waals surface area (Å²) < 4.78 is 0. The van der Waals surface area contributed by atoms with Crippen LogP contribution in [-0.4, -0.2) is 27.1 Å². The second-order valence-electron chi connectivity index (χ2n) is 5.06. The number of amides is 1. The molecule has 1 fully saturated rings. The predicted octanol–water partition coefficient (Wildman–Crippen LogP) is 2.98. The highest BCUT2D eigenvalue weighted by molar-refractivity contribution is 8.18. The largest absolute Gasteiger partial charge is 0.478 e. The van der Waals surface area contributed by atoms with Crippen LogP contribution in [0.3, 0.4) is 0 Å². The van der Waals surface area contributed by atoms with Crippen LogP contribution in [-0.2, 0) is 4.79 Å². The summed E-state index contributed by atoms with van der Waals surface area (Å²) in [5, 5.41) is 12.2. The van der Waals surface area contributed by atoms with Gasteiger partial charge in [0, 0.05) is 6.20 Å². The van der Waals surface area contributed by atoms with Crippen LogP contribution in [0.4, 0.5) is 5.69 Å². The lowest BCUT2D eigenvalue weighted by atomic mass is 10.1. The molecule has 0 bridgehead atoms. The van der Waals surface area contributed by atoms with E-state index in [0.717, 1.165) is 17.3 Å². The van der Waals surface area contributed by atoms with E-state index in [1.807, 2.05) is 13.0 Å². The van der Waals surface area contributed by atoms with E-state index in [-0.39, 0.29) is 11.5 Å². The van der Waals surface area contributed by atoms with Gasteiger partial charge in [0.25, 0.3) is 5.91 Å². The molecule has 0 unspecified atom stereocenters. The number of rotatable bonds is 3. The number of nitrogens with one attached hydrogen (secondary N) is 1. The van der Waals surface area contributed by atoms with Gasteiger partial charge in [0.2, 0.25) is 0 Å². The second kappa shape index (κ2) is 6.67. The van der Waals surface area contributed by atoms with Crippen molar-refractivity contribution < 1.29 is 14.7 Å². The van der Waals surface area contributed by atoms with Crippen molar-refractivity contribution in [3.8, 4) is 0 Å². The second-order valence-corrected chi connectivity index (χ2v) is 6.09. The number of amidine groups is 1. The van der Waals surface area contributed by atoms with Crippen molar-refractivity contribution in [2.24, 2.45) is 4.99 Å². The molecule has 1 aromatic carbocycles. The maximum absolute atomic E-state index is 12.0. The van der Waals surface area contributed by atoms with Crippen molar-refractivity contribution >= 4 is 40.6 Å². The zero-order valence-electron chi connectivity index (χ0n) is 12.7. The molecule has 1 amide bonds. The molecule has 1 saturated heterocycles. The Morgan fingerprint density at radius 2 is 2.17 bits per heavy atom. The highest BCUT2D eigenvalue weighted by atomic mass is 32.2. The fourth-order valence-electron chi connectivity index (χ4n) is 2.10. The smallest absolute Gasteiger partial charge is 0.337 e. The number of hydrogen-bond acceptors (Lipinski definition) is 5. The van der Waals surface area contributed by atoms with E-state index in [1.54, 1.807) is 36.5 Å². The summed E-state index contributed by atoms with van der Waals surface area (Å²) in [6.45, 7) is 1.85. The first kappa shape index (κ1) is 15.9. The monoisotopic (exact) mass is 339 g/mol. The Labute approximate surface area is 142 Å².